The molecule has 4 aromatic heterocycles. The highest BCUT2D eigenvalue weighted by Crippen LogP contribution is 2.30. The summed E-state index contributed by atoms with van der Waals surface area (Å²) >= 11 is 0. The molecule has 0 aliphatic carbocycles. The summed E-state index contributed by atoms with van der Waals surface area (Å²) in [5.41, 5.74) is 3.20. The molecule has 0 aromatic carbocycles. The lowest BCUT2D eigenvalue weighted by Gasteiger charge is -2.27. The summed E-state index contributed by atoms with van der Waals surface area (Å²) in [5.74, 6) is 1.34. The molecule has 174 valence electrons. The van der Waals surface area contributed by atoms with E-state index in [0.29, 0.717) is 22.9 Å². The maximum atomic E-state index is 13.0. The van der Waals surface area contributed by atoms with Crippen LogP contribution in [0.15, 0.2) is 61.3 Å². The molecule has 0 radical (unpaired) electrons. The molecule has 8 nitrogen and oxygen atoms in total. The van der Waals surface area contributed by atoms with E-state index in [4.69, 9.17) is 0 Å². The second kappa shape index (κ2) is 9.90. The Kier molecular flexibility index (Phi) is 6.37. The van der Waals surface area contributed by atoms with Crippen LogP contribution in [0.25, 0.3) is 22.5 Å². The SMILES string of the molecule is FC(F)Cn1cc(-c2ccnc(Nc3ccc(N4CCCCC4)nc3)n2)c(-c2cccnc2)n1. The predicted molar refractivity (Wildman–Crippen MR) is 126 cm³/mol. The number of hydrogen-bond donors (Lipinski definition) is 1. The van der Waals surface area contributed by atoms with Crippen LogP contribution in [0.5, 0.6) is 0 Å². The van der Waals surface area contributed by atoms with Gasteiger partial charge in [-0.15, -0.1) is 0 Å². The fourth-order valence-electron chi connectivity index (χ4n) is 4.03. The van der Waals surface area contributed by atoms with Gasteiger partial charge in [0.05, 0.1) is 17.6 Å². The van der Waals surface area contributed by atoms with Crippen molar-refractivity contribution in [3.8, 4) is 22.5 Å². The maximum absolute atomic E-state index is 13.0. The molecular formula is C24H24F2N8. The van der Waals surface area contributed by atoms with Crippen molar-refractivity contribution < 1.29 is 8.78 Å². The Bertz CT molecular complexity index is 1220. The molecule has 1 aliphatic heterocycles. The van der Waals surface area contributed by atoms with Crippen LogP contribution in [0.1, 0.15) is 19.3 Å². The topological polar surface area (TPSA) is 84.7 Å². The van der Waals surface area contributed by atoms with Gasteiger partial charge in [0.25, 0.3) is 6.43 Å². The molecule has 5 rings (SSSR count). The second-order valence-electron chi connectivity index (χ2n) is 8.09. The monoisotopic (exact) mass is 462 g/mol. The molecule has 0 amide bonds. The Balaban J connectivity index is 1.40. The minimum Gasteiger partial charge on any atom is -0.357 e. The number of rotatable bonds is 7. The minimum atomic E-state index is -2.52. The van der Waals surface area contributed by atoms with Gasteiger partial charge in [-0.2, -0.15) is 5.10 Å². The fraction of sp³-hybridized carbons (Fsp3) is 0.292. The first-order valence-electron chi connectivity index (χ1n) is 11.2. The van der Waals surface area contributed by atoms with Crippen molar-refractivity contribution in [3.05, 3.63) is 61.3 Å². The van der Waals surface area contributed by atoms with Gasteiger partial charge in [0.15, 0.2) is 0 Å². The molecule has 5 heterocycles. The second-order valence-corrected chi connectivity index (χ2v) is 8.09. The van der Waals surface area contributed by atoms with E-state index in [1.807, 2.05) is 18.2 Å². The van der Waals surface area contributed by atoms with Crippen molar-refractivity contribution in [2.75, 3.05) is 23.3 Å². The summed E-state index contributed by atoms with van der Waals surface area (Å²) in [7, 11) is 0. The Morgan fingerprint density at radius 1 is 0.971 bits per heavy atom. The van der Waals surface area contributed by atoms with Crippen LogP contribution in [0.2, 0.25) is 0 Å². The van der Waals surface area contributed by atoms with Crippen LogP contribution in [-0.4, -0.2) is 49.2 Å². The van der Waals surface area contributed by atoms with E-state index in [0.717, 1.165) is 30.2 Å². The van der Waals surface area contributed by atoms with Crippen LogP contribution in [0, 0.1) is 0 Å². The highest BCUT2D eigenvalue weighted by molar-refractivity contribution is 5.78. The lowest BCUT2D eigenvalue weighted by atomic mass is 10.1. The summed E-state index contributed by atoms with van der Waals surface area (Å²) in [6.07, 6.45) is 9.40. The first-order valence-corrected chi connectivity index (χ1v) is 11.2. The van der Waals surface area contributed by atoms with Gasteiger partial charge in [-0.05, 0) is 49.6 Å². The van der Waals surface area contributed by atoms with E-state index in [1.54, 1.807) is 43.1 Å². The lowest BCUT2D eigenvalue weighted by Crippen LogP contribution is -2.29. The minimum absolute atomic E-state index is 0.378. The van der Waals surface area contributed by atoms with E-state index in [-0.39, 0.29) is 0 Å². The van der Waals surface area contributed by atoms with Crippen LogP contribution in [0.4, 0.5) is 26.2 Å². The average molecular weight is 463 g/mol. The molecule has 0 spiro atoms. The van der Waals surface area contributed by atoms with Gasteiger partial charge in [0, 0.05) is 49.0 Å². The number of alkyl halides is 2. The molecule has 10 heteroatoms. The Hall–Kier alpha value is -3.95. The molecule has 0 saturated carbocycles. The Labute approximate surface area is 195 Å². The third-order valence-electron chi connectivity index (χ3n) is 5.64. The molecule has 1 fully saturated rings. The van der Waals surface area contributed by atoms with Gasteiger partial charge < -0.3 is 10.2 Å². The van der Waals surface area contributed by atoms with Gasteiger partial charge in [-0.25, -0.2) is 23.7 Å². The number of halogens is 2. The number of anilines is 3. The number of nitrogens with zero attached hydrogens (tertiary/aromatic N) is 7. The number of piperidine rings is 1. The first kappa shape index (κ1) is 21.9. The van der Waals surface area contributed by atoms with E-state index in [2.05, 4.69) is 35.3 Å². The van der Waals surface area contributed by atoms with Crippen molar-refractivity contribution in [1.29, 1.82) is 0 Å². The smallest absolute Gasteiger partial charge is 0.257 e. The molecule has 4 aromatic rings. The maximum Gasteiger partial charge on any atom is 0.257 e. The van der Waals surface area contributed by atoms with E-state index in [9.17, 15) is 8.78 Å². The predicted octanol–water partition coefficient (Wildman–Crippen LogP) is 4.80. The number of aromatic nitrogens is 6. The van der Waals surface area contributed by atoms with Crippen LogP contribution in [-0.2, 0) is 6.54 Å². The molecule has 0 unspecified atom stereocenters. The zero-order valence-corrected chi connectivity index (χ0v) is 18.5. The molecular weight excluding hydrogens is 438 g/mol. The van der Waals surface area contributed by atoms with Crippen molar-refractivity contribution in [2.24, 2.45) is 0 Å². The molecule has 1 N–H and O–H groups in total. The average Bonchev–Trinajstić information content (AvgIpc) is 3.29. The first-order chi connectivity index (χ1) is 16.7. The third kappa shape index (κ3) is 5.00. The summed E-state index contributed by atoms with van der Waals surface area (Å²) in [6, 6.07) is 9.29. The summed E-state index contributed by atoms with van der Waals surface area (Å²) in [6.45, 7) is 1.56. The van der Waals surface area contributed by atoms with Crippen molar-refractivity contribution in [2.45, 2.75) is 32.2 Å². The molecule has 0 bridgehead atoms. The zero-order chi connectivity index (χ0) is 23.3. The van der Waals surface area contributed by atoms with E-state index >= 15 is 0 Å². The summed E-state index contributed by atoms with van der Waals surface area (Å²) < 4.78 is 27.2. The normalized spacial score (nSPS) is 13.9. The number of nitrogens with one attached hydrogen (secondary N) is 1. The molecule has 0 atom stereocenters. The summed E-state index contributed by atoms with van der Waals surface area (Å²) in [4.78, 5) is 19.9. The van der Waals surface area contributed by atoms with Gasteiger partial charge in [0.1, 0.15) is 18.1 Å². The van der Waals surface area contributed by atoms with Gasteiger partial charge in [0.2, 0.25) is 5.95 Å². The number of pyridine rings is 2. The summed E-state index contributed by atoms with van der Waals surface area (Å²) in [5, 5.41) is 7.55. The van der Waals surface area contributed by atoms with Crippen molar-refractivity contribution >= 4 is 17.5 Å². The highest BCUT2D eigenvalue weighted by atomic mass is 19.3. The third-order valence-corrected chi connectivity index (χ3v) is 5.64. The lowest BCUT2D eigenvalue weighted by molar-refractivity contribution is 0.122. The number of hydrogen-bond acceptors (Lipinski definition) is 7. The van der Waals surface area contributed by atoms with Crippen LogP contribution in [0.3, 0.4) is 0 Å². The fourth-order valence-corrected chi connectivity index (χ4v) is 4.03. The van der Waals surface area contributed by atoms with Gasteiger partial charge in [-0.1, -0.05) is 0 Å². The highest BCUT2D eigenvalue weighted by Gasteiger charge is 2.17. The van der Waals surface area contributed by atoms with Gasteiger partial charge in [-0.3, -0.25) is 9.67 Å². The molecule has 1 saturated heterocycles. The Morgan fingerprint density at radius 3 is 2.59 bits per heavy atom. The van der Waals surface area contributed by atoms with Crippen molar-refractivity contribution in [1.82, 2.24) is 29.7 Å². The Morgan fingerprint density at radius 2 is 1.85 bits per heavy atom. The van der Waals surface area contributed by atoms with Gasteiger partial charge >= 0.3 is 0 Å². The largest absolute Gasteiger partial charge is 0.357 e. The molecule has 34 heavy (non-hydrogen) atoms. The standard InChI is InChI=1S/C24H24F2N8/c25-21(26)16-34-15-19(23(32-34)17-5-4-9-27-13-17)20-8-10-28-24(31-20)30-18-6-7-22(29-14-18)33-11-2-1-3-12-33/h4-10,13-15,21H,1-3,11-12,16H2,(H,28,30,31). The van der Waals surface area contributed by atoms with Crippen LogP contribution < -0.4 is 10.2 Å². The zero-order valence-electron chi connectivity index (χ0n) is 18.5. The van der Waals surface area contributed by atoms with Crippen LogP contribution >= 0.6 is 0 Å². The quantitative estimate of drug-likeness (QED) is 0.422. The molecule has 1 aliphatic rings. The van der Waals surface area contributed by atoms with E-state index in [1.165, 1.54) is 23.9 Å². The van der Waals surface area contributed by atoms with Crippen molar-refractivity contribution in [3.63, 3.8) is 0 Å². The van der Waals surface area contributed by atoms with E-state index < -0.39 is 13.0 Å².